The summed E-state index contributed by atoms with van der Waals surface area (Å²) in [6.07, 6.45) is 1.30. The van der Waals surface area contributed by atoms with E-state index in [1.165, 1.54) is 16.0 Å². The van der Waals surface area contributed by atoms with Crippen molar-refractivity contribution in [1.82, 2.24) is 19.9 Å². The lowest BCUT2D eigenvalue weighted by Gasteiger charge is -2.32. The molecule has 3 aromatic rings. The van der Waals surface area contributed by atoms with Crippen LogP contribution in [0.4, 0.5) is 0 Å². The van der Waals surface area contributed by atoms with Crippen LogP contribution in [0.1, 0.15) is 29.2 Å². The number of hydrogen-bond acceptors (Lipinski definition) is 5. The zero-order valence-corrected chi connectivity index (χ0v) is 15.9. The summed E-state index contributed by atoms with van der Waals surface area (Å²) < 4.78 is 2.08. The predicted molar refractivity (Wildman–Crippen MR) is 102 cm³/mol. The fraction of sp³-hybridized carbons (Fsp3) is 0.294. The number of thiophene rings is 1. The van der Waals surface area contributed by atoms with Crippen molar-refractivity contribution in [1.29, 1.82) is 0 Å². The molecular formula is C17H14Cl2N4O2S. The van der Waals surface area contributed by atoms with E-state index in [0.29, 0.717) is 51.8 Å². The first-order chi connectivity index (χ1) is 12.5. The van der Waals surface area contributed by atoms with E-state index in [1.807, 2.05) is 5.38 Å². The summed E-state index contributed by atoms with van der Waals surface area (Å²) in [5, 5.41) is 10.8. The Kier molecular flexibility index (Phi) is 4.69. The molecule has 1 fully saturated rings. The smallest absolute Gasteiger partial charge is 0.287 e. The van der Waals surface area contributed by atoms with Gasteiger partial charge >= 0.3 is 0 Å². The summed E-state index contributed by atoms with van der Waals surface area (Å²) in [6.45, 7) is 1.08. The van der Waals surface area contributed by atoms with E-state index in [2.05, 4.69) is 10.3 Å². The first kappa shape index (κ1) is 17.5. The van der Waals surface area contributed by atoms with Crippen molar-refractivity contribution in [2.24, 2.45) is 0 Å². The van der Waals surface area contributed by atoms with Gasteiger partial charge in [0.2, 0.25) is 0 Å². The van der Waals surface area contributed by atoms with E-state index >= 15 is 0 Å². The maximum absolute atomic E-state index is 12.6. The maximum atomic E-state index is 12.6. The lowest BCUT2D eigenvalue weighted by Crippen LogP contribution is -2.41. The quantitative estimate of drug-likeness (QED) is 0.648. The molecule has 0 saturated carbocycles. The molecule has 1 aliphatic heterocycles. The van der Waals surface area contributed by atoms with Crippen molar-refractivity contribution in [2.45, 2.75) is 18.9 Å². The van der Waals surface area contributed by atoms with Crippen LogP contribution in [0.15, 0.2) is 34.4 Å². The van der Waals surface area contributed by atoms with Gasteiger partial charge in [-0.3, -0.25) is 9.59 Å². The molecule has 134 valence electrons. The topological polar surface area (TPSA) is 68.1 Å². The second-order valence-electron chi connectivity index (χ2n) is 6.13. The zero-order valence-electron chi connectivity index (χ0n) is 13.6. The van der Waals surface area contributed by atoms with Gasteiger partial charge in [0, 0.05) is 18.7 Å². The number of likely N-dealkylation sites (tertiary alicyclic amines) is 1. The Bertz CT molecular complexity index is 1040. The number of aromatic nitrogens is 3. The average molecular weight is 409 g/mol. The number of rotatable bonds is 2. The third kappa shape index (κ3) is 3.11. The van der Waals surface area contributed by atoms with Gasteiger partial charge in [0.15, 0.2) is 0 Å². The highest BCUT2D eigenvalue weighted by Crippen LogP contribution is 2.26. The molecule has 0 unspecified atom stereocenters. The normalized spacial score (nSPS) is 15.5. The Balaban J connectivity index is 1.49. The summed E-state index contributed by atoms with van der Waals surface area (Å²) in [5.74, 6) is -0.0887. The number of nitrogens with zero attached hydrogens (tertiary/aromatic N) is 4. The van der Waals surface area contributed by atoms with Crippen LogP contribution < -0.4 is 5.56 Å². The van der Waals surface area contributed by atoms with Gasteiger partial charge in [-0.15, -0.1) is 16.4 Å². The Morgan fingerprint density at radius 3 is 2.65 bits per heavy atom. The van der Waals surface area contributed by atoms with Crippen molar-refractivity contribution < 1.29 is 4.79 Å². The van der Waals surface area contributed by atoms with Gasteiger partial charge in [0.1, 0.15) is 10.2 Å². The number of carbonyl (C=O) groups excluding carboxylic acids is 1. The lowest BCUT2D eigenvalue weighted by atomic mass is 10.0. The Morgan fingerprint density at radius 2 is 1.92 bits per heavy atom. The van der Waals surface area contributed by atoms with Crippen LogP contribution in [0.5, 0.6) is 0 Å². The van der Waals surface area contributed by atoms with Crippen LogP contribution in [0.3, 0.4) is 0 Å². The second-order valence-corrected chi connectivity index (χ2v) is 7.86. The largest absolute Gasteiger partial charge is 0.338 e. The minimum Gasteiger partial charge on any atom is -0.338 e. The number of benzene rings is 1. The first-order valence-corrected chi connectivity index (χ1v) is 9.75. The summed E-state index contributed by atoms with van der Waals surface area (Å²) in [4.78, 5) is 27.0. The van der Waals surface area contributed by atoms with Crippen LogP contribution in [0.2, 0.25) is 10.0 Å². The molecule has 26 heavy (non-hydrogen) atoms. The minimum atomic E-state index is -0.112. The van der Waals surface area contributed by atoms with E-state index < -0.39 is 0 Å². The molecule has 0 radical (unpaired) electrons. The fourth-order valence-electron chi connectivity index (χ4n) is 3.15. The van der Waals surface area contributed by atoms with Gasteiger partial charge in [-0.1, -0.05) is 28.4 Å². The van der Waals surface area contributed by atoms with Gasteiger partial charge in [-0.25, -0.2) is 4.68 Å². The van der Waals surface area contributed by atoms with Crippen molar-refractivity contribution in [3.63, 3.8) is 0 Å². The van der Waals surface area contributed by atoms with E-state index in [-0.39, 0.29) is 17.5 Å². The number of hydrogen-bond donors (Lipinski definition) is 0. The van der Waals surface area contributed by atoms with Crippen molar-refractivity contribution in [3.8, 4) is 0 Å². The fourth-order valence-corrected chi connectivity index (χ4v) is 4.20. The monoisotopic (exact) mass is 408 g/mol. The molecule has 1 aromatic carbocycles. The van der Waals surface area contributed by atoms with Gasteiger partial charge in [0.05, 0.1) is 16.1 Å². The van der Waals surface area contributed by atoms with E-state index in [0.717, 1.165) is 0 Å². The Hall–Kier alpha value is -1.96. The van der Waals surface area contributed by atoms with Crippen molar-refractivity contribution in [3.05, 3.63) is 55.6 Å². The molecule has 6 nitrogen and oxygen atoms in total. The van der Waals surface area contributed by atoms with Gasteiger partial charge in [-0.2, -0.15) is 0 Å². The van der Waals surface area contributed by atoms with Crippen molar-refractivity contribution >= 4 is 50.7 Å². The van der Waals surface area contributed by atoms with Crippen LogP contribution in [0, 0.1) is 0 Å². The standard InChI is InChI=1S/C17H14Cl2N4O2S/c18-12-2-1-10(9-13(12)19)16(24)22-6-3-11(4-7-22)23-17(25)15-14(20-21-23)5-8-26-15/h1-2,5,8-9,11H,3-4,6-7H2. The SMILES string of the molecule is O=C(c1ccc(Cl)c(Cl)c1)N1CCC(n2nnc3ccsc3c2=O)CC1. The highest BCUT2D eigenvalue weighted by atomic mass is 35.5. The molecule has 1 amide bonds. The van der Waals surface area contributed by atoms with Crippen LogP contribution in [0.25, 0.3) is 10.2 Å². The molecule has 0 bridgehead atoms. The molecule has 1 aliphatic rings. The molecule has 0 N–H and O–H groups in total. The molecule has 4 rings (SSSR count). The van der Waals surface area contributed by atoms with E-state index in [4.69, 9.17) is 23.2 Å². The van der Waals surface area contributed by atoms with Crippen LogP contribution in [-0.4, -0.2) is 38.9 Å². The number of amides is 1. The van der Waals surface area contributed by atoms with Crippen LogP contribution in [-0.2, 0) is 0 Å². The minimum absolute atomic E-state index is 0.0562. The molecule has 9 heteroatoms. The van der Waals surface area contributed by atoms with Crippen LogP contribution >= 0.6 is 34.5 Å². The summed E-state index contributed by atoms with van der Waals surface area (Å²) in [7, 11) is 0. The summed E-state index contributed by atoms with van der Waals surface area (Å²) >= 11 is 13.3. The third-order valence-corrected chi connectivity index (χ3v) is 6.19. The third-order valence-electron chi connectivity index (χ3n) is 4.56. The highest BCUT2D eigenvalue weighted by molar-refractivity contribution is 7.17. The summed E-state index contributed by atoms with van der Waals surface area (Å²) in [6, 6.07) is 6.61. The molecule has 0 aliphatic carbocycles. The number of halogens is 2. The zero-order chi connectivity index (χ0) is 18.3. The van der Waals surface area contributed by atoms with Gasteiger partial charge in [-0.05, 0) is 42.5 Å². The first-order valence-electron chi connectivity index (χ1n) is 8.11. The Morgan fingerprint density at radius 1 is 1.15 bits per heavy atom. The lowest BCUT2D eigenvalue weighted by molar-refractivity contribution is 0.0687. The van der Waals surface area contributed by atoms with E-state index in [1.54, 1.807) is 29.2 Å². The number of carbonyl (C=O) groups is 1. The van der Waals surface area contributed by atoms with Gasteiger partial charge in [0.25, 0.3) is 11.5 Å². The average Bonchev–Trinajstić information content (AvgIpc) is 3.14. The second kappa shape index (κ2) is 6.98. The maximum Gasteiger partial charge on any atom is 0.287 e. The molecule has 2 aromatic heterocycles. The van der Waals surface area contributed by atoms with Gasteiger partial charge < -0.3 is 4.90 Å². The molecular weight excluding hydrogens is 395 g/mol. The predicted octanol–water partition coefficient (Wildman–Crippen LogP) is 3.64. The number of fused-ring (bicyclic) bond motifs is 1. The van der Waals surface area contributed by atoms with E-state index in [9.17, 15) is 9.59 Å². The summed E-state index contributed by atoms with van der Waals surface area (Å²) in [5.41, 5.74) is 1.03. The molecule has 3 heterocycles. The highest BCUT2D eigenvalue weighted by Gasteiger charge is 2.26. The molecule has 0 atom stereocenters. The Labute approximate surface area is 162 Å². The number of piperidine rings is 1. The molecule has 0 spiro atoms. The molecule has 1 saturated heterocycles. The van der Waals surface area contributed by atoms with Crippen molar-refractivity contribution in [2.75, 3.05) is 13.1 Å².